The topological polar surface area (TPSA) is 42.0 Å². The fourth-order valence-electron chi connectivity index (χ4n) is 2.56. The van der Waals surface area contributed by atoms with Gasteiger partial charge in [-0.15, -0.1) is 11.3 Å². The van der Waals surface area contributed by atoms with E-state index >= 15 is 0 Å². The second-order valence-corrected chi connectivity index (χ2v) is 7.28. The number of nitrogens with one attached hydrogen (secondary N) is 1. The van der Waals surface area contributed by atoms with Crippen LogP contribution in [0.2, 0.25) is 0 Å². The Hall–Kier alpha value is -2.53. The molecule has 0 saturated heterocycles. The van der Waals surface area contributed by atoms with Crippen LogP contribution in [0.4, 0.5) is 9.52 Å². The summed E-state index contributed by atoms with van der Waals surface area (Å²) in [6.45, 7) is 6.15. The van der Waals surface area contributed by atoms with Crippen LogP contribution < -0.4 is 5.32 Å². The van der Waals surface area contributed by atoms with Crippen molar-refractivity contribution in [2.75, 3.05) is 5.32 Å². The van der Waals surface area contributed by atoms with Gasteiger partial charge in [-0.25, -0.2) is 9.37 Å². The second-order valence-electron chi connectivity index (χ2n) is 6.07. The molecule has 0 saturated carbocycles. The van der Waals surface area contributed by atoms with Crippen LogP contribution in [0.5, 0.6) is 0 Å². The van der Waals surface area contributed by atoms with Crippen molar-refractivity contribution in [2.45, 2.75) is 27.2 Å². The Morgan fingerprint density at radius 2 is 1.80 bits per heavy atom. The molecule has 0 radical (unpaired) electrons. The van der Waals surface area contributed by atoms with Crippen LogP contribution >= 0.6 is 11.3 Å². The molecule has 0 fully saturated rings. The Balaban J connectivity index is 1.74. The normalized spacial score (nSPS) is 10.7. The number of hydrogen-bond acceptors (Lipinski definition) is 3. The van der Waals surface area contributed by atoms with Crippen molar-refractivity contribution < 1.29 is 9.18 Å². The minimum atomic E-state index is -0.308. The smallest absolute Gasteiger partial charge is 0.230 e. The lowest BCUT2D eigenvalue weighted by Crippen LogP contribution is -2.14. The lowest BCUT2D eigenvalue weighted by molar-refractivity contribution is -0.115. The molecule has 3 nitrogen and oxygen atoms in total. The lowest BCUT2D eigenvalue weighted by Gasteiger charge is -2.04. The van der Waals surface area contributed by atoms with E-state index in [9.17, 15) is 9.18 Å². The molecule has 1 N–H and O–H groups in total. The molecule has 0 unspecified atom stereocenters. The Labute approximate surface area is 150 Å². The van der Waals surface area contributed by atoms with E-state index in [4.69, 9.17) is 0 Å². The molecule has 2 aromatic carbocycles. The van der Waals surface area contributed by atoms with Gasteiger partial charge in [0, 0.05) is 10.4 Å². The van der Waals surface area contributed by atoms with Crippen molar-refractivity contribution in [1.82, 2.24) is 4.98 Å². The van der Waals surface area contributed by atoms with Crippen LogP contribution in [0, 0.1) is 26.6 Å². The first kappa shape index (κ1) is 17.3. The number of carbonyl (C=O) groups excluding carboxylic acids is 1. The predicted molar refractivity (Wildman–Crippen MR) is 100 cm³/mol. The highest BCUT2D eigenvalue weighted by atomic mass is 32.1. The molecule has 0 spiro atoms. The van der Waals surface area contributed by atoms with Gasteiger partial charge in [0.15, 0.2) is 5.13 Å². The summed E-state index contributed by atoms with van der Waals surface area (Å²) in [5.41, 5.74) is 5.17. The van der Waals surface area contributed by atoms with Gasteiger partial charge in [-0.2, -0.15) is 0 Å². The number of anilines is 1. The Morgan fingerprint density at radius 1 is 1.08 bits per heavy atom. The summed E-state index contributed by atoms with van der Waals surface area (Å²) in [5.74, 6) is -0.468. The number of halogens is 1. The number of benzene rings is 2. The summed E-state index contributed by atoms with van der Waals surface area (Å²) in [6, 6.07) is 12.2. The highest BCUT2D eigenvalue weighted by Gasteiger charge is 2.13. The summed E-state index contributed by atoms with van der Waals surface area (Å²) in [6.07, 6.45) is 0.192. The number of carbonyl (C=O) groups is 1. The predicted octanol–water partition coefficient (Wildman–Crippen LogP) is 5.06. The van der Waals surface area contributed by atoms with Gasteiger partial charge in [0.25, 0.3) is 0 Å². The molecule has 128 valence electrons. The molecule has 1 aromatic heterocycles. The summed E-state index contributed by atoms with van der Waals surface area (Å²) < 4.78 is 12.9. The molecule has 0 bridgehead atoms. The molecule has 0 aliphatic carbocycles. The Bertz CT molecular complexity index is 916. The average molecular weight is 354 g/mol. The quantitative estimate of drug-likeness (QED) is 0.712. The van der Waals surface area contributed by atoms with Crippen molar-refractivity contribution in [1.29, 1.82) is 0 Å². The van der Waals surface area contributed by atoms with Crippen LogP contribution in [-0.4, -0.2) is 10.9 Å². The number of nitrogens with zero attached hydrogens (tertiary/aromatic N) is 1. The zero-order chi connectivity index (χ0) is 18.0. The van der Waals surface area contributed by atoms with E-state index < -0.39 is 0 Å². The first-order valence-corrected chi connectivity index (χ1v) is 8.83. The van der Waals surface area contributed by atoms with Gasteiger partial charge in [-0.05, 0) is 55.7 Å². The summed E-state index contributed by atoms with van der Waals surface area (Å²) >= 11 is 1.46. The van der Waals surface area contributed by atoms with Gasteiger partial charge in [0.05, 0.1) is 12.1 Å². The second kappa shape index (κ2) is 7.15. The molecular weight excluding hydrogens is 335 g/mol. The Morgan fingerprint density at radius 3 is 2.48 bits per heavy atom. The highest BCUT2D eigenvalue weighted by Crippen LogP contribution is 2.31. The van der Waals surface area contributed by atoms with Crippen LogP contribution in [-0.2, 0) is 11.2 Å². The van der Waals surface area contributed by atoms with Crippen LogP contribution in [0.15, 0.2) is 42.5 Å². The Kier molecular flexibility index (Phi) is 4.95. The highest BCUT2D eigenvalue weighted by molar-refractivity contribution is 7.16. The first-order chi connectivity index (χ1) is 11.9. The number of rotatable bonds is 4. The minimum Gasteiger partial charge on any atom is -0.302 e. The number of aryl methyl sites for hydroxylation is 3. The van der Waals surface area contributed by atoms with E-state index in [1.54, 1.807) is 12.1 Å². The fourth-order valence-corrected chi connectivity index (χ4v) is 3.41. The summed E-state index contributed by atoms with van der Waals surface area (Å²) in [7, 11) is 0. The summed E-state index contributed by atoms with van der Waals surface area (Å²) in [4.78, 5) is 17.8. The fraction of sp³-hybridized carbons (Fsp3) is 0.200. The molecule has 0 aliphatic heterocycles. The average Bonchev–Trinajstić information content (AvgIpc) is 2.92. The zero-order valence-electron chi connectivity index (χ0n) is 14.4. The molecule has 5 heteroatoms. The third kappa shape index (κ3) is 4.12. The number of thiazole rings is 1. The lowest BCUT2D eigenvalue weighted by atomic mass is 10.0. The third-order valence-corrected chi connectivity index (χ3v) is 4.99. The third-order valence-electron chi connectivity index (χ3n) is 4.10. The standard InChI is InChI=1S/C20H19FN2OS/c1-12-4-7-16(10-13(12)2)19-14(3)25-20(23-19)22-18(24)11-15-5-8-17(21)9-6-15/h4-10H,11H2,1-3H3,(H,22,23,24). The molecule has 3 rings (SSSR count). The molecule has 1 amide bonds. The van der Waals surface area contributed by atoms with Gasteiger partial charge < -0.3 is 5.32 Å². The molecule has 1 heterocycles. The van der Waals surface area contributed by atoms with Crippen molar-refractivity contribution in [2.24, 2.45) is 0 Å². The number of amides is 1. The van der Waals surface area contributed by atoms with Crippen molar-refractivity contribution in [3.63, 3.8) is 0 Å². The van der Waals surface area contributed by atoms with Crippen molar-refractivity contribution in [3.8, 4) is 11.3 Å². The van der Waals surface area contributed by atoms with E-state index in [2.05, 4.69) is 42.3 Å². The molecule has 25 heavy (non-hydrogen) atoms. The van der Waals surface area contributed by atoms with E-state index in [1.165, 1.54) is 34.6 Å². The van der Waals surface area contributed by atoms with E-state index in [0.29, 0.717) is 5.13 Å². The molecule has 0 atom stereocenters. The van der Waals surface area contributed by atoms with Gasteiger partial charge in [0.1, 0.15) is 5.82 Å². The molecule has 3 aromatic rings. The largest absolute Gasteiger partial charge is 0.302 e. The molecule has 0 aliphatic rings. The minimum absolute atomic E-state index is 0.160. The van der Waals surface area contributed by atoms with Gasteiger partial charge in [-0.1, -0.05) is 24.3 Å². The molecular formula is C20H19FN2OS. The van der Waals surface area contributed by atoms with Crippen LogP contribution in [0.1, 0.15) is 21.6 Å². The summed E-state index contributed by atoms with van der Waals surface area (Å²) in [5, 5.41) is 3.42. The van der Waals surface area contributed by atoms with Crippen molar-refractivity contribution >= 4 is 22.4 Å². The monoisotopic (exact) mass is 354 g/mol. The SMILES string of the molecule is Cc1ccc(-c2nc(NC(=O)Cc3ccc(F)cc3)sc2C)cc1C. The van der Waals surface area contributed by atoms with Gasteiger partial charge in [0.2, 0.25) is 5.91 Å². The zero-order valence-corrected chi connectivity index (χ0v) is 15.2. The first-order valence-electron chi connectivity index (χ1n) is 8.02. The van der Waals surface area contributed by atoms with E-state index in [-0.39, 0.29) is 18.1 Å². The van der Waals surface area contributed by atoms with E-state index in [1.807, 2.05) is 6.92 Å². The van der Waals surface area contributed by atoms with Crippen LogP contribution in [0.3, 0.4) is 0 Å². The number of aromatic nitrogens is 1. The maximum Gasteiger partial charge on any atom is 0.230 e. The maximum absolute atomic E-state index is 12.9. The number of hydrogen-bond donors (Lipinski definition) is 1. The maximum atomic E-state index is 12.9. The van der Waals surface area contributed by atoms with Crippen LogP contribution in [0.25, 0.3) is 11.3 Å². The van der Waals surface area contributed by atoms with Gasteiger partial charge in [-0.3, -0.25) is 4.79 Å². The van der Waals surface area contributed by atoms with Gasteiger partial charge >= 0.3 is 0 Å². The van der Waals surface area contributed by atoms with E-state index in [0.717, 1.165) is 21.7 Å². The van der Waals surface area contributed by atoms with Crippen molar-refractivity contribution in [3.05, 3.63) is 69.8 Å².